The Hall–Kier alpha value is -2.51. The third kappa shape index (κ3) is 6.02. The molecule has 7 heteroatoms. The van der Waals surface area contributed by atoms with Crippen LogP contribution in [0.5, 0.6) is 0 Å². The van der Waals surface area contributed by atoms with Crippen molar-refractivity contribution in [1.82, 2.24) is 20.2 Å². The highest BCUT2D eigenvalue weighted by atomic mass is 16.2. The van der Waals surface area contributed by atoms with E-state index in [9.17, 15) is 4.79 Å². The quantitative estimate of drug-likeness (QED) is 0.703. The van der Waals surface area contributed by atoms with E-state index in [1.807, 2.05) is 56.1 Å². The molecule has 0 unspecified atom stereocenters. The van der Waals surface area contributed by atoms with Gasteiger partial charge in [-0.05, 0) is 58.0 Å². The zero-order valence-electron chi connectivity index (χ0n) is 19.6. The fraction of sp³-hybridized carbons (Fsp3) is 0.542. The number of carbonyl (C=O) groups is 1. The number of piperidine rings is 1. The minimum Gasteiger partial charge on any atom is -0.363 e. The number of nitrogens with one attached hydrogen (secondary N) is 1. The number of hydrogen-bond donors (Lipinski definition) is 1. The van der Waals surface area contributed by atoms with Gasteiger partial charge in [0.15, 0.2) is 0 Å². The van der Waals surface area contributed by atoms with E-state index in [-0.39, 0.29) is 11.8 Å². The maximum atomic E-state index is 13.1. The number of carbonyl (C=O) groups excluding carboxylic acids is 1. The average molecular weight is 425 g/mol. The van der Waals surface area contributed by atoms with Gasteiger partial charge in [0.05, 0.1) is 12.2 Å². The molecule has 1 amide bonds. The molecule has 1 fully saturated rings. The maximum absolute atomic E-state index is 13.1. The molecule has 0 spiro atoms. The van der Waals surface area contributed by atoms with Crippen LogP contribution in [-0.4, -0.2) is 68.1 Å². The summed E-state index contributed by atoms with van der Waals surface area (Å²) < 4.78 is 0. The van der Waals surface area contributed by atoms with Gasteiger partial charge in [0.1, 0.15) is 11.6 Å². The van der Waals surface area contributed by atoms with Crippen molar-refractivity contribution in [2.75, 3.05) is 57.1 Å². The second-order valence-corrected chi connectivity index (χ2v) is 8.55. The third-order valence-electron chi connectivity index (χ3n) is 5.76. The molecule has 7 nitrogen and oxygen atoms in total. The van der Waals surface area contributed by atoms with Crippen molar-refractivity contribution in [1.29, 1.82) is 0 Å². The van der Waals surface area contributed by atoms with Crippen molar-refractivity contribution >= 4 is 17.4 Å². The maximum Gasteiger partial charge on any atom is 0.241 e. The van der Waals surface area contributed by atoms with Gasteiger partial charge >= 0.3 is 0 Å². The first kappa shape index (κ1) is 23.2. The second-order valence-electron chi connectivity index (χ2n) is 8.55. The van der Waals surface area contributed by atoms with Crippen LogP contribution in [0.4, 0.5) is 11.5 Å². The largest absolute Gasteiger partial charge is 0.363 e. The van der Waals surface area contributed by atoms with Crippen LogP contribution in [0.3, 0.4) is 0 Å². The Morgan fingerprint density at radius 2 is 2.06 bits per heavy atom. The van der Waals surface area contributed by atoms with Crippen molar-refractivity contribution in [3.8, 4) is 0 Å². The van der Waals surface area contributed by atoms with E-state index in [1.54, 1.807) is 0 Å². The van der Waals surface area contributed by atoms with E-state index >= 15 is 0 Å². The van der Waals surface area contributed by atoms with Crippen LogP contribution in [0, 0.1) is 6.92 Å². The van der Waals surface area contributed by atoms with Gasteiger partial charge in [0, 0.05) is 51.4 Å². The molecule has 0 radical (unpaired) electrons. The SMILES string of the molecule is CCN(C(=O)CN1CCC[C@@H](c2nc(CNC)cc(N(C)C)n2)C1)c1cccc(C)c1. The number of amides is 1. The molecule has 1 atom stereocenters. The molecular weight excluding hydrogens is 388 g/mol. The molecule has 1 aliphatic heterocycles. The predicted molar refractivity (Wildman–Crippen MR) is 127 cm³/mol. The molecule has 1 aromatic heterocycles. The van der Waals surface area contributed by atoms with Gasteiger partial charge in [0.25, 0.3) is 0 Å². The average Bonchev–Trinajstić information content (AvgIpc) is 2.74. The minimum atomic E-state index is 0.146. The van der Waals surface area contributed by atoms with E-state index in [4.69, 9.17) is 9.97 Å². The highest BCUT2D eigenvalue weighted by molar-refractivity contribution is 5.94. The Kier molecular flexibility index (Phi) is 7.98. The first-order valence-electron chi connectivity index (χ1n) is 11.2. The Morgan fingerprint density at radius 1 is 1.26 bits per heavy atom. The van der Waals surface area contributed by atoms with Gasteiger partial charge in [0.2, 0.25) is 5.91 Å². The molecule has 0 bridgehead atoms. The third-order valence-corrected chi connectivity index (χ3v) is 5.76. The smallest absolute Gasteiger partial charge is 0.241 e. The number of aromatic nitrogens is 2. The summed E-state index contributed by atoms with van der Waals surface area (Å²) in [4.78, 5) is 28.9. The lowest BCUT2D eigenvalue weighted by molar-refractivity contribution is -0.120. The number of nitrogens with zero attached hydrogens (tertiary/aromatic N) is 5. The number of aryl methyl sites for hydroxylation is 1. The first-order valence-corrected chi connectivity index (χ1v) is 11.2. The molecule has 2 heterocycles. The zero-order valence-corrected chi connectivity index (χ0v) is 19.6. The number of anilines is 2. The van der Waals surface area contributed by atoms with Crippen molar-refractivity contribution in [3.63, 3.8) is 0 Å². The molecule has 1 N–H and O–H groups in total. The van der Waals surface area contributed by atoms with Gasteiger partial charge < -0.3 is 15.1 Å². The summed E-state index contributed by atoms with van der Waals surface area (Å²) in [6.45, 7) is 7.64. The monoisotopic (exact) mass is 424 g/mol. The Bertz CT molecular complexity index is 884. The number of rotatable bonds is 8. The Morgan fingerprint density at radius 3 is 2.74 bits per heavy atom. The molecule has 31 heavy (non-hydrogen) atoms. The van der Waals surface area contributed by atoms with Crippen molar-refractivity contribution < 1.29 is 4.79 Å². The zero-order chi connectivity index (χ0) is 22.4. The van der Waals surface area contributed by atoms with Crippen LogP contribution in [0.15, 0.2) is 30.3 Å². The van der Waals surface area contributed by atoms with Crippen LogP contribution < -0.4 is 15.1 Å². The number of likely N-dealkylation sites (N-methyl/N-ethyl adjacent to an activating group) is 1. The molecule has 1 aliphatic rings. The molecular formula is C24H36N6O. The van der Waals surface area contributed by atoms with Crippen LogP contribution in [0.1, 0.15) is 42.8 Å². The summed E-state index contributed by atoms with van der Waals surface area (Å²) in [5.41, 5.74) is 3.14. The van der Waals surface area contributed by atoms with Crippen molar-refractivity contribution in [3.05, 3.63) is 47.4 Å². The van der Waals surface area contributed by atoms with E-state index in [1.165, 1.54) is 0 Å². The molecule has 168 valence electrons. The lowest BCUT2D eigenvalue weighted by Gasteiger charge is -2.33. The van der Waals surface area contributed by atoms with E-state index in [2.05, 4.69) is 29.3 Å². The van der Waals surface area contributed by atoms with Crippen LogP contribution in [-0.2, 0) is 11.3 Å². The lowest BCUT2D eigenvalue weighted by Crippen LogP contribution is -2.44. The first-order chi connectivity index (χ1) is 14.9. The summed E-state index contributed by atoms with van der Waals surface area (Å²) in [7, 11) is 5.94. The fourth-order valence-corrected chi connectivity index (χ4v) is 4.17. The van der Waals surface area contributed by atoms with Crippen molar-refractivity contribution in [2.45, 2.75) is 39.2 Å². The summed E-state index contributed by atoms with van der Waals surface area (Å²) in [5.74, 6) is 2.21. The van der Waals surface area contributed by atoms with Crippen LogP contribution in [0.25, 0.3) is 0 Å². The minimum absolute atomic E-state index is 0.146. The molecule has 0 aliphatic carbocycles. The molecule has 0 saturated carbocycles. The number of benzene rings is 1. The van der Waals surface area contributed by atoms with Gasteiger partial charge in [-0.1, -0.05) is 12.1 Å². The van der Waals surface area contributed by atoms with Crippen LogP contribution >= 0.6 is 0 Å². The fourth-order valence-electron chi connectivity index (χ4n) is 4.17. The number of likely N-dealkylation sites (tertiary alicyclic amines) is 1. The highest BCUT2D eigenvalue weighted by Crippen LogP contribution is 2.26. The van der Waals surface area contributed by atoms with Gasteiger partial charge in [-0.15, -0.1) is 0 Å². The molecule has 1 saturated heterocycles. The van der Waals surface area contributed by atoms with Crippen LogP contribution in [0.2, 0.25) is 0 Å². The standard InChI is InChI=1S/C24H36N6O/c1-6-30(21-11-7-9-18(2)13-21)23(31)17-29-12-8-10-19(16-29)24-26-20(15-25-3)14-22(27-24)28(4)5/h7,9,11,13-14,19,25H,6,8,10,12,15-17H2,1-5H3/t19-/m1/s1. The molecule has 2 aromatic rings. The summed E-state index contributed by atoms with van der Waals surface area (Å²) in [6, 6.07) is 10.2. The second kappa shape index (κ2) is 10.7. The van der Waals surface area contributed by atoms with Gasteiger partial charge in [-0.25, -0.2) is 9.97 Å². The topological polar surface area (TPSA) is 64.6 Å². The summed E-state index contributed by atoms with van der Waals surface area (Å²) in [5, 5.41) is 3.18. The normalized spacial score (nSPS) is 16.9. The predicted octanol–water partition coefficient (Wildman–Crippen LogP) is 2.80. The number of hydrogen-bond acceptors (Lipinski definition) is 6. The molecule has 3 rings (SSSR count). The lowest BCUT2D eigenvalue weighted by atomic mass is 9.97. The van der Waals surface area contributed by atoms with E-state index < -0.39 is 0 Å². The van der Waals surface area contributed by atoms with E-state index in [0.717, 1.165) is 54.5 Å². The Balaban J connectivity index is 1.72. The van der Waals surface area contributed by atoms with Gasteiger partial charge in [-0.2, -0.15) is 0 Å². The Labute approximate surface area is 186 Å². The van der Waals surface area contributed by atoms with Gasteiger partial charge in [-0.3, -0.25) is 9.69 Å². The van der Waals surface area contributed by atoms with Crippen molar-refractivity contribution in [2.24, 2.45) is 0 Å². The molecule has 1 aromatic carbocycles. The van der Waals surface area contributed by atoms with E-state index in [0.29, 0.717) is 19.6 Å². The summed E-state index contributed by atoms with van der Waals surface area (Å²) >= 11 is 0. The highest BCUT2D eigenvalue weighted by Gasteiger charge is 2.27. The summed E-state index contributed by atoms with van der Waals surface area (Å²) in [6.07, 6.45) is 2.10.